The normalized spacial score (nSPS) is 14.5. The molecular weight excluding hydrogens is 461 g/mol. The van der Waals surface area contributed by atoms with Gasteiger partial charge in [0.05, 0.1) is 17.9 Å². The third-order valence-electron chi connectivity index (χ3n) is 5.76. The standard InChI is InChI=1S/C23H21ClFN7O2/c1-15-21(27-29-32(15)19-8-6-18(25)7-9-19)23(33)31-12-10-30(11-13-31)14-20-26-22(28-34-20)16-2-4-17(24)5-3-16/h2-9H,10-14H2,1H3. The number of amides is 1. The highest BCUT2D eigenvalue weighted by molar-refractivity contribution is 6.30. The minimum atomic E-state index is -0.336. The number of hydrogen-bond acceptors (Lipinski definition) is 7. The van der Waals surface area contributed by atoms with Crippen molar-refractivity contribution in [3.05, 3.63) is 76.6 Å². The first-order valence-electron chi connectivity index (χ1n) is 10.8. The predicted molar refractivity (Wildman–Crippen MR) is 122 cm³/mol. The second-order valence-electron chi connectivity index (χ2n) is 8.00. The Labute approximate surface area is 199 Å². The first-order valence-corrected chi connectivity index (χ1v) is 11.1. The summed E-state index contributed by atoms with van der Waals surface area (Å²) >= 11 is 5.93. The molecule has 1 aliphatic rings. The van der Waals surface area contributed by atoms with Crippen molar-refractivity contribution in [2.24, 2.45) is 0 Å². The van der Waals surface area contributed by atoms with Crippen molar-refractivity contribution in [1.82, 2.24) is 34.9 Å². The fraction of sp³-hybridized carbons (Fsp3) is 0.261. The van der Waals surface area contributed by atoms with Crippen LogP contribution in [0, 0.1) is 12.7 Å². The molecule has 0 atom stereocenters. The molecule has 0 N–H and O–H groups in total. The summed E-state index contributed by atoms with van der Waals surface area (Å²) < 4.78 is 20.2. The van der Waals surface area contributed by atoms with E-state index in [-0.39, 0.29) is 11.7 Å². The third kappa shape index (κ3) is 4.55. The first-order chi connectivity index (χ1) is 16.5. The molecule has 0 spiro atoms. The Morgan fingerprint density at radius 1 is 1.06 bits per heavy atom. The Morgan fingerprint density at radius 2 is 1.76 bits per heavy atom. The minimum absolute atomic E-state index is 0.173. The van der Waals surface area contributed by atoms with Crippen molar-refractivity contribution in [2.75, 3.05) is 26.2 Å². The van der Waals surface area contributed by atoms with Gasteiger partial charge in [-0.25, -0.2) is 9.07 Å². The molecular formula is C23H21ClFN7O2. The van der Waals surface area contributed by atoms with Gasteiger partial charge in [0.2, 0.25) is 11.7 Å². The van der Waals surface area contributed by atoms with Gasteiger partial charge in [0.25, 0.3) is 5.91 Å². The van der Waals surface area contributed by atoms with Gasteiger partial charge in [-0.3, -0.25) is 9.69 Å². The molecule has 174 valence electrons. The van der Waals surface area contributed by atoms with Crippen LogP contribution in [-0.2, 0) is 6.54 Å². The van der Waals surface area contributed by atoms with Gasteiger partial charge in [0, 0.05) is 36.8 Å². The Kier molecular flexibility index (Phi) is 6.08. The molecule has 2 aromatic carbocycles. The number of nitrogens with zero attached hydrogens (tertiary/aromatic N) is 7. The lowest BCUT2D eigenvalue weighted by Gasteiger charge is -2.33. The summed E-state index contributed by atoms with van der Waals surface area (Å²) in [6.45, 7) is 4.69. The molecule has 34 heavy (non-hydrogen) atoms. The molecule has 1 amide bonds. The van der Waals surface area contributed by atoms with Crippen LogP contribution in [0.25, 0.3) is 17.1 Å². The number of piperazine rings is 1. The van der Waals surface area contributed by atoms with Crippen LogP contribution in [0.4, 0.5) is 4.39 Å². The zero-order valence-electron chi connectivity index (χ0n) is 18.4. The Bertz CT molecular complexity index is 1300. The van der Waals surface area contributed by atoms with Gasteiger partial charge >= 0.3 is 0 Å². The molecule has 1 saturated heterocycles. The van der Waals surface area contributed by atoms with E-state index in [4.69, 9.17) is 16.1 Å². The molecule has 9 nitrogen and oxygen atoms in total. The monoisotopic (exact) mass is 481 g/mol. The van der Waals surface area contributed by atoms with E-state index in [1.54, 1.807) is 36.1 Å². The lowest BCUT2D eigenvalue weighted by Crippen LogP contribution is -2.48. The first kappa shape index (κ1) is 22.2. The highest BCUT2D eigenvalue weighted by Gasteiger charge is 2.27. The summed E-state index contributed by atoms with van der Waals surface area (Å²) in [5, 5.41) is 12.9. The predicted octanol–water partition coefficient (Wildman–Crippen LogP) is 3.38. The number of carbonyl (C=O) groups is 1. The van der Waals surface area contributed by atoms with E-state index < -0.39 is 0 Å². The zero-order chi connectivity index (χ0) is 23.7. The molecule has 2 aromatic heterocycles. The van der Waals surface area contributed by atoms with E-state index in [0.29, 0.717) is 66.5 Å². The lowest BCUT2D eigenvalue weighted by molar-refractivity contribution is 0.0608. The maximum Gasteiger partial charge on any atom is 0.276 e. The second-order valence-corrected chi connectivity index (χ2v) is 8.44. The molecule has 11 heteroatoms. The average molecular weight is 482 g/mol. The summed E-state index contributed by atoms with van der Waals surface area (Å²) in [5.74, 6) is 0.522. The summed E-state index contributed by atoms with van der Waals surface area (Å²) in [7, 11) is 0. The molecule has 1 fully saturated rings. The van der Waals surface area contributed by atoms with Crippen LogP contribution in [0.3, 0.4) is 0 Å². The van der Waals surface area contributed by atoms with Crippen molar-refractivity contribution in [1.29, 1.82) is 0 Å². The maximum atomic E-state index is 13.2. The van der Waals surface area contributed by atoms with E-state index >= 15 is 0 Å². The Morgan fingerprint density at radius 3 is 2.47 bits per heavy atom. The van der Waals surface area contributed by atoms with Crippen LogP contribution in [0.5, 0.6) is 0 Å². The van der Waals surface area contributed by atoms with Gasteiger partial charge < -0.3 is 9.42 Å². The van der Waals surface area contributed by atoms with Crippen molar-refractivity contribution in [2.45, 2.75) is 13.5 Å². The van der Waals surface area contributed by atoms with Crippen LogP contribution in [0.2, 0.25) is 5.02 Å². The van der Waals surface area contributed by atoms with Crippen LogP contribution in [-0.4, -0.2) is 67.0 Å². The van der Waals surface area contributed by atoms with E-state index in [1.807, 2.05) is 12.1 Å². The third-order valence-corrected chi connectivity index (χ3v) is 6.01. The zero-order valence-corrected chi connectivity index (χ0v) is 19.1. The summed E-state index contributed by atoms with van der Waals surface area (Å²) in [6, 6.07) is 13.1. The molecule has 1 aliphatic heterocycles. The number of halogens is 2. The fourth-order valence-corrected chi connectivity index (χ4v) is 3.97. The SMILES string of the molecule is Cc1c(C(=O)N2CCN(Cc3nc(-c4ccc(Cl)cc4)no3)CC2)nnn1-c1ccc(F)cc1. The summed E-state index contributed by atoms with van der Waals surface area (Å²) in [4.78, 5) is 21.4. The molecule has 0 saturated carbocycles. The fourth-order valence-electron chi connectivity index (χ4n) is 3.84. The van der Waals surface area contributed by atoms with Crippen LogP contribution in [0.1, 0.15) is 22.1 Å². The van der Waals surface area contributed by atoms with Crippen LogP contribution < -0.4 is 0 Å². The molecule has 0 bridgehead atoms. The van der Waals surface area contributed by atoms with Crippen molar-refractivity contribution >= 4 is 17.5 Å². The molecule has 0 unspecified atom stereocenters. The van der Waals surface area contributed by atoms with Gasteiger partial charge in [0.1, 0.15) is 5.82 Å². The second kappa shape index (κ2) is 9.32. The van der Waals surface area contributed by atoms with Gasteiger partial charge in [-0.15, -0.1) is 5.10 Å². The molecule has 4 aromatic rings. The van der Waals surface area contributed by atoms with Crippen LogP contribution in [0.15, 0.2) is 53.1 Å². The van der Waals surface area contributed by atoms with Gasteiger partial charge in [-0.05, 0) is 55.5 Å². The van der Waals surface area contributed by atoms with Crippen molar-refractivity contribution < 1.29 is 13.7 Å². The Balaban J connectivity index is 1.19. The highest BCUT2D eigenvalue weighted by Crippen LogP contribution is 2.20. The number of hydrogen-bond donors (Lipinski definition) is 0. The number of carbonyl (C=O) groups excluding carboxylic acids is 1. The van der Waals surface area contributed by atoms with Crippen LogP contribution >= 0.6 is 11.6 Å². The number of benzene rings is 2. The van der Waals surface area contributed by atoms with E-state index in [9.17, 15) is 9.18 Å². The van der Waals surface area contributed by atoms with Crippen molar-refractivity contribution in [3.8, 4) is 17.1 Å². The largest absolute Gasteiger partial charge is 0.338 e. The quantitative estimate of drug-likeness (QED) is 0.431. The van der Waals surface area contributed by atoms with Gasteiger partial charge in [-0.1, -0.05) is 22.0 Å². The topological polar surface area (TPSA) is 93.2 Å². The molecule has 0 radical (unpaired) electrons. The molecule has 3 heterocycles. The lowest BCUT2D eigenvalue weighted by atomic mass is 10.2. The van der Waals surface area contributed by atoms with Gasteiger partial charge in [-0.2, -0.15) is 4.98 Å². The minimum Gasteiger partial charge on any atom is -0.338 e. The maximum absolute atomic E-state index is 13.2. The molecule has 5 rings (SSSR count). The average Bonchev–Trinajstić information content (AvgIpc) is 3.47. The molecule has 0 aliphatic carbocycles. The number of rotatable bonds is 5. The summed E-state index contributed by atoms with van der Waals surface area (Å²) in [6.07, 6.45) is 0. The van der Waals surface area contributed by atoms with Gasteiger partial charge in [0.15, 0.2) is 5.69 Å². The number of aromatic nitrogens is 5. The van der Waals surface area contributed by atoms with E-state index in [2.05, 4.69) is 25.4 Å². The smallest absolute Gasteiger partial charge is 0.276 e. The van der Waals surface area contributed by atoms with E-state index in [1.165, 1.54) is 16.8 Å². The Hall–Kier alpha value is -3.63. The summed E-state index contributed by atoms with van der Waals surface area (Å²) in [5.41, 5.74) is 2.38. The highest BCUT2D eigenvalue weighted by atomic mass is 35.5. The van der Waals surface area contributed by atoms with E-state index in [0.717, 1.165) is 5.56 Å². The van der Waals surface area contributed by atoms with Crippen molar-refractivity contribution in [3.63, 3.8) is 0 Å².